The molecule has 8 nitrogen and oxygen atoms in total. The second kappa shape index (κ2) is 9.58. The molecule has 3 aromatic rings. The van der Waals surface area contributed by atoms with Crippen LogP contribution < -0.4 is 0 Å². The Morgan fingerprint density at radius 3 is 2.52 bits per heavy atom. The van der Waals surface area contributed by atoms with Crippen LogP contribution in [0.25, 0.3) is 10.9 Å². The minimum atomic E-state index is -1.26. The lowest BCUT2D eigenvalue weighted by atomic mass is 10.1. The van der Waals surface area contributed by atoms with Gasteiger partial charge < -0.3 is 19.8 Å². The highest BCUT2D eigenvalue weighted by Gasteiger charge is 2.09. The first-order valence-corrected chi connectivity index (χ1v) is 8.07. The summed E-state index contributed by atoms with van der Waals surface area (Å²) in [6.45, 7) is 0.731. The van der Waals surface area contributed by atoms with Gasteiger partial charge in [0.25, 0.3) is 0 Å². The van der Waals surface area contributed by atoms with Gasteiger partial charge in [-0.2, -0.15) is 5.26 Å². The summed E-state index contributed by atoms with van der Waals surface area (Å²) in [5, 5.41) is 25.6. The standard InChI is InChI=1S/C15H14N4.C4H4O4/c16-6-3-9-19-11-12(10-15-17-7-8-18-15)13-4-1-2-5-14(13)19;5-3(6)1-2-4(7)8/h1-2,4-5,7-8,11H,3,9-10H2,(H,17,18);1-2H,(H,5,6)(H,7,8)/b;2-1+. The van der Waals surface area contributed by atoms with E-state index in [2.05, 4.69) is 38.9 Å². The number of carboxylic acid groups (broad SMARTS) is 2. The first kappa shape index (κ1) is 19.5. The van der Waals surface area contributed by atoms with E-state index in [0.29, 0.717) is 18.6 Å². The Kier molecular flexibility index (Phi) is 6.91. The number of imidazole rings is 1. The third kappa shape index (κ3) is 5.86. The van der Waals surface area contributed by atoms with Gasteiger partial charge in [0.1, 0.15) is 5.82 Å². The largest absolute Gasteiger partial charge is 0.478 e. The van der Waals surface area contributed by atoms with Crippen molar-refractivity contribution in [3.8, 4) is 6.07 Å². The lowest BCUT2D eigenvalue weighted by Crippen LogP contribution is -1.94. The maximum absolute atomic E-state index is 9.55. The zero-order chi connectivity index (χ0) is 19.6. The third-order valence-electron chi connectivity index (χ3n) is 3.62. The van der Waals surface area contributed by atoms with Crippen LogP contribution in [-0.2, 0) is 22.6 Å². The predicted molar refractivity (Wildman–Crippen MR) is 98.0 cm³/mol. The van der Waals surface area contributed by atoms with E-state index in [0.717, 1.165) is 18.8 Å². The summed E-state index contributed by atoms with van der Waals surface area (Å²) in [7, 11) is 0. The van der Waals surface area contributed by atoms with E-state index < -0.39 is 11.9 Å². The number of aromatic amines is 1. The molecular weight excluding hydrogens is 348 g/mol. The van der Waals surface area contributed by atoms with Gasteiger partial charge in [-0.05, 0) is 11.6 Å². The van der Waals surface area contributed by atoms with Crippen LogP contribution >= 0.6 is 0 Å². The minimum absolute atomic E-state index is 0.527. The highest BCUT2D eigenvalue weighted by Crippen LogP contribution is 2.23. The van der Waals surface area contributed by atoms with E-state index in [1.807, 2.05) is 18.3 Å². The molecule has 0 aliphatic heterocycles. The molecule has 0 saturated carbocycles. The van der Waals surface area contributed by atoms with Crippen LogP contribution in [0.4, 0.5) is 0 Å². The molecule has 27 heavy (non-hydrogen) atoms. The summed E-state index contributed by atoms with van der Waals surface area (Å²) < 4.78 is 2.15. The van der Waals surface area contributed by atoms with Crippen molar-refractivity contribution >= 4 is 22.8 Å². The van der Waals surface area contributed by atoms with Gasteiger partial charge in [0, 0.05) is 54.6 Å². The molecule has 0 saturated heterocycles. The molecule has 2 heterocycles. The Morgan fingerprint density at radius 1 is 1.22 bits per heavy atom. The molecule has 1 aromatic carbocycles. The number of hydrogen-bond acceptors (Lipinski definition) is 4. The number of carboxylic acids is 2. The average molecular weight is 366 g/mol. The molecule has 0 spiro atoms. The van der Waals surface area contributed by atoms with Gasteiger partial charge in [-0.25, -0.2) is 14.6 Å². The lowest BCUT2D eigenvalue weighted by molar-refractivity contribution is -0.134. The van der Waals surface area contributed by atoms with Crippen LogP contribution in [0.2, 0.25) is 0 Å². The van der Waals surface area contributed by atoms with Crippen LogP contribution in [0.1, 0.15) is 17.8 Å². The second-order valence-electron chi connectivity index (χ2n) is 5.50. The van der Waals surface area contributed by atoms with E-state index >= 15 is 0 Å². The Balaban J connectivity index is 0.000000279. The Bertz CT molecular complexity index is 965. The molecular formula is C19H18N4O4. The fourth-order valence-corrected chi connectivity index (χ4v) is 2.54. The lowest BCUT2D eigenvalue weighted by Gasteiger charge is -2.00. The van der Waals surface area contributed by atoms with Crippen molar-refractivity contribution < 1.29 is 19.8 Å². The number of carbonyl (C=O) groups is 2. The minimum Gasteiger partial charge on any atom is -0.478 e. The summed E-state index contributed by atoms with van der Waals surface area (Å²) in [6, 6.07) is 10.5. The molecule has 0 unspecified atom stereocenters. The third-order valence-corrected chi connectivity index (χ3v) is 3.62. The van der Waals surface area contributed by atoms with Crippen molar-refractivity contribution in [3.63, 3.8) is 0 Å². The molecule has 3 rings (SSSR count). The van der Waals surface area contributed by atoms with Crippen molar-refractivity contribution in [2.45, 2.75) is 19.4 Å². The van der Waals surface area contributed by atoms with Gasteiger partial charge in [0.2, 0.25) is 0 Å². The number of para-hydroxylation sites is 1. The molecule has 0 aliphatic rings. The number of nitrogens with one attached hydrogen (secondary N) is 1. The maximum Gasteiger partial charge on any atom is 0.328 e. The second-order valence-corrected chi connectivity index (χ2v) is 5.50. The van der Waals surface area contributed by atoms with E-state index in [-0.39, 0.29) is 0 Å². The van der Waals surface area contributed by atoms with Crippen molar-refractivity contribution in [2.75, 3.05) is 0 Å². The quantitative estimate of drug-likeness (QED) is 0.574. The number of aryl methyl sites for hydroxylation is 1. The fraction of sp³-hybridized carbons (Fsp3) is 0.158. The Labute approximate surface area is 155 Å². The number of H-pyrrole nitrogens is 1. The molecule has 0 radical (unpaired) electrons. The van der Waals surface area contributed by atoms with Gasteiger partial charge in [-0.1, -0.05) is 18.2 Å². The molecule has 138 valence electrons. The summed E-state index contributed by atoms with van der Waals surface area (Å²) in [4.78, 5) is 26.5. The van der Waals surface area contributed by atoms with Gasteiger partial charge >= 0.3 is 11.9 Å². The summed E-state index contributed by atoms with van der Waals surface area (Å²) in [5.41, 5.74) is 2.42. The van der Waals surface area contributed by atoms with Gasteiger partial charge in [0.05, 0.1) is 12.5 Å². The van der Waals surface area contributed by atoms with Crippen molar-refractivity contribution in [1.82, 2.24) is 14.5 Å². The van der Waals surface area contributed by atoms with E-state index in [1.54, 1.807) is 6.20 Å². The molecule has 0 amide bonds. The zero-order valence-electron chi connectivity index (χ0n) is 14.4. The number of benzene rings is 1. The maximum atomic E-state index is 9.55. The Morgan fingerprint density at radius 2 is 1.93 bits per heavy atom. The number of nitrogens with zero attached hydrogens (tertiary/aromatic N) is 3. The van der Waals surface area contributed by atoms with Gasteiger partial charge in [0.15, 0.2) is 0 Å². The topological polar surface area (TPSA) is 132 Å². The number of nitriles is 1. The molecule has 0 atom stereocenters. The number of rotatable bonds is 6. The van der Waals surface area contributed by atoms with Crippen molar-refractivity contribution in [1.29, 1.82) is 5.26 Å². The zero-order valence-corrected chi connectivity index (χ0v) is 14.4. The van der Waals surface area contributed by atoms with Crippen molar-refractivity contribution in [3.05, 3.63) is 66.4 Å². The molecule has 0 fully saturated rings. The predicted octanol–water partition coefficient (Wildman–Crippen LogP) is 2.58. The van der Waals surface area contributed by atoms with Crippen LogP contribution in [0.15, 0.2) is 55.0 Å². The van der Waals surface area contributed by atoms with Crippen LogP contribution in [-0.4, -0.2) is 36.7 Å². The summed E-state index contributed by atoms with van der Waals surface area (Å²) in [6.07, 6.45) is 8.16. The molecule has 0 aliphatic carbocycles. The number of fused-ring (bicyclic) bond motifs is 1. The smallest absolute Gasteiger partial charge is 0.328 e. The molecule has 8 heteroatoms. The highest BCUT2D eigenvalue weighted by atomic mass is 16.4. The van der Waals surface area contributed by atoms with Crippen LogP contribution in [0.3, 0.4) is 0 Å². The first-order valence-electron chi connectivity index (χ1n) is 8.07. The van der Waals surface area contributed by atoms with E-state index in [1.165, 1.54) is 16.5 Å². The van der Waals surface area contributed by atoms with Gasteiger partial charge in [-0.3, -0.25) is 0 Å². The molecule has 0 bridgehead atoms. The Hall–Kier alpha value is -3.86. The number of hydrogen-bond donors (Lipinski definition) is 3. The van der Waals surface area contributed by atoms with Crippen molar-refractivity contribution in [2.24, 2.45) is 0 Å². The number of aromatic nitrogens is 3. The normalized spacial score (nSPS) is 10.3. The first-order chi connectivity index (χ1) is 13.0. The SMILES string of the molecule is N#CCCn1cc(Cc2ncc[nH]2)c2ccccc21.O=C(O)/C=C/C(=O)O. The van der Waals surface area contributed by atoms with Gasteiger partial charge in [-0.15, -0.1) is 0 Å². The number of aliphatic carboxylic acids is 2. The average Bonchev–Trinajstić information content (AvgIpc) is 3.28. The molecule has 2 aromatic heterocycles. The monoisotopic (exact) mass is 366 g/mol. The fourth-order valence-electron chi connectivity index (χ4n) is 2.54. The van der Waals surface area contributed by atoms with E-state index in [4.69, 9.17) is 15.5 Å². The highest BCUT2D eigenvalue weighted by molar-refractivity contribution is 5.89. The summed E-state index contributed by atoms with van der Waals surface area (Å²) in [5.74, 6) is -1.55. The molecule has 3 N–H and O–H groups in total. The van der Waals surface area contributed by atoms with Crippen LogP contribution in [0.5, 0.6) is 0 Å². The van der Waals surface area contributed by atoms with Crippen LogP contribution in [0, 0.1) is 11.3 Å². The summed E-state index contributed by atoms with van der Waals surface area (Å²) >= 11 is 0. The van der Waals surface area contributed by atoms with E-state index in [9.17, 15) is 9.59 Å².